The maximum Gasteiger partial charge on any atom is 0.273 e. The van der Waals surface area contributed by atoms with Crippen LogP contribution in [0.1, 0.15) is 12.0 Å². The Morgan fingerprint density at radius 2 is 2.32 bits per heavy atom. The monoisotopic (exact) mass is 348 g/mol. The van der Waals surface area contributed by atoms with Crippen molar-refractivity contribution in [2.75, 3.05) is 18.6 Å². The van der Waals surface area contributed by atoms with Crippen LogP contribution in [-0.2, 0) is 6.54 Å². The highest BCUT2D eigenvalue weighted by Gasteiger charge is 2.15. The van der Waals surface area contributed by atoms with Gasteiger partial charge in [0, 0.05) is 41.0 Å². The van der Waals surface area contributed by atoms with Gasteiger partial charge < -0.3 is 10.4 Å². The van der Waals surface area contributed by atoms with Crippen LogP contribution in [0, 0.1) is 10.1 Å². The minimum Gasteiger partial charge on any atom is -0.396 e. The lowest BCUT2D eigenvalue weighted by Gasteiger charge is -2.16. The summed E-state index contributed by atoms with van der Waals surface area (Å²) in [6.07, 6.45) is 2.64. The maximum absolute atomic E-state index is 10.9. The van der Waals surface area contributed by atoms with Crippen LogP contribution in [0.5, 0.6) is 0 Å². The summed E-state index contributed by atoms with van der Waals surface area (Å²) in [7, 11) is 0. The molecule has 0 aliphatic carbocycles. The second-order valence-corrected chi connectivity index (χ2v) is 5.90. The second-order valence-electron chi connectivity index (χ2n) is 4.08. The van der Waals surface area contributed by atoms with Crippen LogP contribution in [0.15, 0.2) is 22.7 Å². The smallest absolute Gasteiger partial charge is 0.273 e. The molecule has 1 aromatic carbocycles. The van der Waals surface area contributed by atoms with Crippen LogP contribution >= 0.6 is 27.7 Å². The van der Waals surface area contributed by atoms with E-state index in [1.807, 2.05) is 6.26 Å². The first-order valence-electron chi connectivity index (χ1n) is 5.84. The normalized spacial score (nSPS) is 12.4. The lowest BCUT2D eigenvalue weighted by Crippen LogP contribution is -2.32. The first kappa shape index (κ1) is 16.4. The van der Waals surface area contributed by atoms with Gasteiger partial charge in [-0.3, -0.25) is 10.1 Å². The first-order chi connectivity index (χ1) is 9.08. The average Bonchev–Trinajstić information content (AvgIpc) is 2.36. The van der Waals surface area contributed by atoms with Crippen LogP contribution in [0.25, 0.3) is 0 Å². The molecule has 1 unspecified atom stereocenters. The Morgan fingerprint density at radius 3 is 2.89 bits per heavy atom. The number of benzene rings is 1. The van der Waals surface area contributed by atoms with Crippen molar-refractivity contribution in [1.82, 2.24) is 5.32 Å². The highest BCUT2D eigenvalue weighted by molar-refractivity contribution is 9.10. The Kier molecular flexibility index (Phi) is 7.37. The predicted molar refractivity (Wildman–Crippen MR) is 81.5 cm³/mol. The number of rotatable bonds is 8. The number of aliphatic hydroxyl groups is 1. The van der Waals surface area contributed by atoms with Crippen LogP contribution in [0.3, 0.4) is 0 Å². The van der Waals surface area contributed by atoms with Gasteiger partial charge in [0.15, 0.2) is 0 Å². The Labute approximate surface area is 125 Å². The minimum atomic E-state index is -0.376. The predicted octanol–water partition coefficient (Wildman–Crippen LogP) is 2.56. The van der Waals surface area contributed by atoms with E-state index in [1.165, 1.54) is 6.07 Å². The van der Waals surface area contributed by atoms with Gasteiger partial charge in [0.1, 0.15) is 0 Å². The lowest BCUT2D eigenvalue weighted by atomic mass is 10.1. The number of aliphatic hydroxyl groups excluding tert-OH is 1. The van der Waals surface area contributed by atoms with E-state index in [0.717, 1.165) is 10.2 Å². The second kappa shape index (κ2) is 8.52. The molecule has 19 heavy (non-hydrogen) atoms. The third kappa shape index (κ3) is 5.48. The fraction of sp³-hybridized carbons (Fsp3) is 0.500. The van der Waals surface area contributed by atoms with E-state index in [0.29, 0.717) is 18.5 Å². The van der Waals surface area contributed by atoms with Gasteiger partial charge in [-0.2, -0.15) is 11.8 Å². The van der Waals surface area contributed by atoms with Crippen molar-refractivity contribution in [3.63, 3.8) is 0 Å². The van der Waals surface area contributed by atoms with Gasteiger partial charge >= 0.3 is 0 Å². The number of thioether (sulfide) groups is 1. The summed E-state index contributed by atoms with van der Waals surface area (Å²) in [4.78, 5) is 10.6. The molecule has 1 rings (SSSR count). The van der Waals surface area contributed by atoms with Gasteiger partial charge in [0.2, 0.25) is 0 Å². The molecular formula is C12H17BrN2O3S. The summed E-state index contributed by atoms with van der Waals surface area (Å²) in [5.41, 5.74) is 0.756. The molecule has 0 radical (unpaired) electrons. The highest BCUT2D eigenvalue weighted by Crippen LogP contribution is 2.23. The van der Waals surface area contributed by atoms with Crippen molar-refractivity contribution in [2.24, 2.45) is 0 Å². The van der Waals surface area contributed by atoms with Crippen LogP contribution in [-0.4, -0.2) is 34.7 Å². The fourth-order valence-electron chi connectivity index (χ4n) is 1.73. The van der Waals surface area contributed by atoms with Crippen molar-refractivity contribution in [3.05, 3.63) is 38.3 Å². The maximum atomic E-state index is 10.9. The standard InChI is InChI=1S/C12H17BrN2O3S/c1-19-8-11(4-5-16)14-7-9-6-10(13)2-3-12(9)15(17)18/h2-3,6,11,14,16H,4-5,7-8H2,1H3. The zero-order valence-corrected chi connectivity index (χ0v) is 13.0. The van der Waals surface area contributed by atoms with E-state index >= 15 is 0 Å². The summed E-state index contributed by atoms with van der Waals surface area (Å²) < 4.78 is 0.818. The minimum absolute atomic E-state index is 0.110. The molecular weight excluding hydrogens is 332 g/mol. The number of halogens is 1. The molecule has 0 amide bonds. The molecule has 0 fully saturated rings. The first-order valence-corrected chi connectivity index (χ1v) is 8.03. The van der Waals surface area contributed by atoms with Crippen molar-refractivity contribution >= 4 is 33.4 Å². The molecule has 1 aromatic rings. The Hall–Kier alpha value is -0.630. The van der Waals surface area contributed by atoms with E-state index in [4.69, 9.17) is 5.11 Å². The quantitative estimate of drug-likeness (QED) is 0.557. The zero-order valence-electron chi connectivity index (χ0n) is 10.6. The van der Waals surface area contributed by atoms with E-state index < -0.39 is 0 Å². The SMILES string of the molecule is CSCC(CCO)NCc1cc(Br)ccc1[N+](=O)[O-]. The van der Waals surface area contributed by atoms with Crippen LogP contribution in [0.4, 0.5) is 5.69 Å². The van der Waals surface area contributed by atoms with Crippen molar-refractivity contribution in [3.8, 4) is 0 Å². The number of hydrogen-bond donors (Lipinski definition) is 2. The van der Waals surface area contributed by atoms with Crippen molar-refractivity contribution < 1.29 is 10.0 Å². The van der Waals surface area contributed by atoms with E-state index in [1.54, 1.807) is 23.9 Å². The largest absolute Gasteiger partial charge is 0.396 e. The fourth-order valence-corrected chi connectivity index (χ4v) is 2.82. The molecule has 0 spiro atoms. The summed E-state index contributed by atoms with van der Waals surface area (Å²) in [6, 6.07) is 5.06. The molecule has 7 heteroatoms. The molecule has 1 atom stereocenters. The van der Waals surface area contributed by atoms with Gasteiger partial charge in [-0.15, -0.1) is 0 Å². The molecule has 0 bridgehead atoms. The number of nitrogens with zero attached hydrogens (tertiary/aromatic N) is 1. The number of nitro benzene ring substituents is 1. The molecule has 0 aliphatic heterocycles. The molecule has 0 saturated carbocycles. The molecule has 0 saturated heterocycles. The topological polar surface area (TPSA) is 75.4 Å². The third-order valence-corrected chi connectivity index (χ3v) is 3.89. The summed E-state index contributed by atoms with van der Waals surface area (Å²) in [6.45, 7) is 0.528. The molecule has 106 valence electrons. The van der Waals surface area contributed by atoms with E-state index in [2.05, 4.69) is 21.2 Å². The van der Waals surface area contributed by atoms with Gasteiger partial charge in [-0.05, 0) is 24.8 Å². The third-order valence-electron chi connectivity index (χ3n) is 2.66. The summed E-state index contributed by atoms with van der Waals surface area (Å²) >= 11 is 5.00. The van der Waals surface area contributed by atoms with Crippen LogP contribution in [0.2, 0.25) is 0 Å². The molecule has 0 aliphatic rings. The molecule has 0 heterocycles. The summed E-state index contributed by atoms with van der Waals surface area (Å²) in [5, 5.41) is 23.2. The Bertz CT molecular complexity index is 425. The number of nitrogens with one attached hydrogen (secondary N) is 1. The van der Waals surface area contributed by atoms with Crippen molar-refractivity contribution in [1.29, 1.82) is 0 Å². The zero-order chi connectivity index (χ0) is 14.3. The molecule has 2 N–H and O–H groups in total. The average molecular weight is 349 g/mol. The van der Waals surface area contributed by atoms with Gasteiger partial charge in [-0.1, -0.05) is 15.9 Å². The van der Waals surface area contributed by atoms with Crippen molar-refractivity contribution in [2.45, 2.75) is 19.0 Å². The number of nitro groups is 1. The number of hydrogen-bond acceptors (Lipinski definition) is 5. The highest BCUT2D eigenvalue weighted by atomic mass is 79.9. The Balaban J connectivity index is 2.74. The molecule has 5 nitrogen and oxygen atoms in total. The van der Waals surface area contributed by atoms with E-state index in [-0.39, 0.29) is 23.3 Å². The lowest BCUT2D eigenvalue weighted by molar-refractivity contribution is -0.385. The van der Waals surface area contributed by atoms with E-state index in [9.17, 15) is 10.1 Å². The summed E-state index contributed by atoms with van der Waals surface area (Å²) in [5.74, 6) is 0.863. The van der Waals surface area contributed by atoms with Gasteiger partial charge in [-0.25, -0.2) is 0 Å². The van der Waals surface area contributed by atoms with Crippen LogP contribution < -0.4 is 5.32 Å². The van der Waals surface area contributed by atoms with Gasteiger partial charge in [0.25, 0.3) is 5.69 Å². The van der Waals surface area contributed by atoms with Gasteiger partial charge in [0.05, 0.1) is 4.92 Å². The molecule has 0 aromatic heterocycles. The Morgan fingerprint density at radius 1 is 1.58 bits per heavy atom.